The van der Waals surface area contributed by atoms with Gasteiger partial charge in [-0.25, -0.2) is 8.78 Å². The van der Waals surface area contributed by atoms with Crippen molar-refractivity contribution >= 4 is 18.2 Å². The summed E-state index contributed by atoms with van der Waals surface area (Å²) in [5.74, 6) is 0.107. The van der Waals surface area contributed by atoms with Crippen molar-refractivity contribution in [3.63, 3.8) is 0 Å². The van der Waals surface area contributed by atoms with E-state index >= 15 is 0 Å². The lowest BCUT2D eigenvalue weighted by Gasteiger charge is -2.31. The first-order chi connectivity index (χ1) is 12.2. The van der Waals surface area contributed by atoms with Gasteiger partial charge < -0.3 is 5.32 Å². The fourth-order valence-corrected chi connectivity index (χ4v) is 3.11. The number of nitrogens with zero attached hydrogens (tertiary/aromatic N) is 2. The number of halogens is 3. The molecule has 0 unspecified atom stereocenters. The molecule has 1 N–H and O–H groups in total. The minimum Gasteiger partial charge on any atom is -0.355 e. The van der Waals surface area contributed by atoms with Crippen molar-refractivity contribution in [2.75, 3.05) is 6.54 Å². The Kier molecular flexibility index (Phi) is 5.00. The lowest BCUT2D eigenvalue weighted by Crippen LogP contribution is -2.44. The third kappa shape index (κ3) is 3.18. The summed E-state index contributed by atoms with van der Waals surface area (Å²) in [6.45, 7) is 0.425. The highest BCUT2D eigenvalue weighted by molar-refractivity contribution is 6.00. The molecule has 6 heteroatoms. The van der Waals surface area contributed by atoms with Crippen molar-refractivity contribution in [2.24, 2.45) is 4.99 Å². The molecule has 0 radical (unpaired) electrons. The third-order valence-electron chi connectivity index (χ3n) is 4.42. The van der Waals surface area contributed by atoms with E-state index in [0.717, 1.165) is 16.7 Å². The standard InChI is InChI=1S/C20H15F2N3.ClH/c21-17-7-3-15(4-8-17)20(16-5-9-18(22)10-6-16)13-24-19(25-20)14-2-1-11-23-12-14;/h1-12H,13H2,(H,24,25);1H. The molecule has 0 aliphatic carbocycles. The molecule has 0 saturated carbocycles. The molecule has 1 aliphatic rings. The van der Waals surface area contributed by atoms with E-state index < -0.39 is 5.54 Å². The van der Waals surface area contributed by atoms with E-state index in [1.54, 1.807) is 36.7 Å². The first kappa shape index (κ1) is 18.0. The molecule has 0 spiro atoms. The van der Waals surface area contributed by atoms with E-state index in [1.165, 1.54) is 24.3 Å². The van der Waals surface area contributed by atoms with Crippen LogP contribution in [-0.4, -0.2) is 17.4 Å². The first-order valence-electron chi connectivity index (χ1n) is 7.92. The third-order valence-corrected chi connectivity index (χ3v) is 4.42. The summed E-state index contributed by atoms with van der Waals surface area (Å²) in [6.07, 6.45) is 3.43. The molecule has 1 aliphatic heterocycles. The molecule has 2 aromatic carbocycles. The minimum atomic E-state index is -0.674. The van der Waals surface area contributed by atoms with Crippen LogP contribution in [0.3, 0.4) is 0 Å². The second-order valence-electron chi connectivity index (χ2n) is 5.95. The van der Waals surface area contributed by atoms with Crippen molar-refractivity contribution in [2.45, 2.75) is 5.54 Å². The molecule has 2 heterocycles. The molecule has 0 bridgehead atoms. The van der Waals surface area contributed by atoms with Crippen LogP contribution < -0.4 is 5.32 Å². The molecular weight excluding hydrogens is 356 g/mol. The number of hydrogen-bond acceptors (Lipinski definition) is 3. The Morgan fingerprint density at radius 3 is 1.92 bits per heavy atom. The molecule has 3 nitrogen and oxygen atoms in total. The van der Waals surface area contributed by atoms with E-state index in [1.807, 2.05) is 12.1 Å². The van der Waals surface area contributed by atoms with Crippen LogP contribution in [0, 0.1) is 11.6 Å². The van der Waals surface area contributed by atoms with Crippen molar-refractivity contribution in [1.82, 2.24) is 10.3 Å². The van der Waals surface area contributed by atoms with Crippen LogP contribution in [0.15, 0.2) is 78.0 Å². The smallest absolute Gasteiger partial charge is 0.130 e. The van der Waals surface area contributed by atoms with Gasteiger partial charge in [-0.15, -0.1) is 12.4 Å². The summed E-state index contributed by atoms with van der Waals surface area (Å²) in [4.78, 5) is 8.76. The maximum absolute atomic E-state index is 13.4. The Balaban J connectivity index is 0.00000196. The van der Waals surface area contributed by atoms with E-state index in [2.05, 4.69) is 15.3 Å². The van der Waals surface area contributed by atoms with Crippen molar-refractivity contribution in [3.05, 3.63) is 101 Å². The number of hydrogen-bond donors (Lipinski definition) is 1. The summed E-state index contributed by atoms with van der Waals surface area (Å²) in [5, 5.41) is 3.46. The molecule has 0 fully saturated rings. The van der Waals surface area contributed by atoms with E-state index in [4.69, 9.17) is 0 Å². The predicted molar refractivity (Wildman–Crippen MR) is 99.6 cm³/mol. The number of aliphatic imine (C=N–C) groups is 1. The number of amidine groups is 1. The zero-order valence-corrected chi connectivity index (χ0v) is 14.5. The van der Waals surface area contributed by atoms with Gasteiger partial charge in [0.25, 0.3) is 0 Å². The van der Waals surface area contributed by atoms with Crippen LogP contribution >= 0.6 is 12.4 Å². The molecule has 0 saturated heterocycles. The average molecular weight is 372 g/mol. The Bertz CT molecular complexity index is 865. The second-order valence-corrected chi connectivity index (χ2v) is 5.95. The summed E-state index contributed by atoms with van der Waals surface area (Å²) in [5.41, 5.74) is 1.92. The zero-order chi connectivity index (χ0) is 17.3. The minimum absolute atomic E-state index is 0. The molecule has 0 amide bonds. The lowest BCUT2D eigenvalue weighted by atomic mass is 9.83. The quantitative estimate of drug-likeness (QED) is 0.753. The van der Waals surface area contributed by atoms with Gasteiger partial charge in [-0.05, 0) is 47.5 Å². The highest BCUT2D eigenvalue weighted by Gasteiger charge is 2.39. The van der Waals surface area contributed by atoms with Gasteiger partial charge in [-0.1, -0.05) is 24.3 Å². The Morgan fingerprint density at radius 1 is 0.846 bits per heavy atom. The van der Waals surface area contributed by atoms with Gasteiger partial charge in [0, 0.05) is 18.0 Å². The molecule has 4 rings (SSSR count). The fourth-order valence-electron chi connectivity index (χ4n) is 3.11. The predicted octanol–water partition coefficient (Wildman–Crippen LogP) is 4.08. The maximum Gasteiger partial charge on any atom is 0.130 e. The van der Waals surface area contributed by atoms with Gasteiger partial charge in [-0.2, -0.15) is 0 Å². The fraction of sp³-hybridized carbons (Fsp3) is 0.100. The summed E-state index contributed by atoms with van der Waals surface area (Å²) < 4.78 is 26.8. The van der Waals surface area contributed by atoms with Gasteiger partial charge in [0.2, 0.25) is 0 Å². The second kappa shape index (κ2) is 7.22. The number of pyridine rings is 1. The number of aromatic nitrogens is 1. The molecular formula is C20H16ClF2N3. The SMILES string of the molecule is Cl.Fc1ccc(C2(c3ccc(F)cc3)CN=C(c3cccnc3)N2)cc1. The summed E-state index contributed by atoms with van der Waals surface area (Å²) >= 11 is 0. The van der Waals surface area contributed by atoms with Crippen LogP contribution in [0.4, 0.5) is 8.78 Å². The highest BCUT2D eigenvalue weighted by atomic mass is 35.5. The largest absolute Gasteiger partial charge is 0.355 e. The van der Waals surface area contributed by atoms with E-state index in [-0.39, 0.29) is 24.0 Å². The van der Waals surface area contributed by atoms with Crippen LogP contribution in [0.25, 0.3) is 0 Å². The molecule has 26 heavy (non-hydrogen) atoms. The van der Waals surface area contributed by atoms with Crippen LogP contribution in [0.2, 0.25) is 0 Å². The van der Waals surface area contributed by atoms with Gasteiger partial charge in [-0.3, -0.25) is 9.98 Å². The topological polar surface area (TPSA) is 37.3 Å². The summed E-state index contributed by atoms with van der Waals surface area (Å²) in [7, 11) is 0. The Hall–Kier alpha value is -2.79. The number of nitrogens with one attached hydrogen (secondary N) is 1. The Morgan fingerprint density at radius 2 is 1.42 bits per heavy atom. The van der Waals surface area contributed by atoms with Gasteiger partial charge in [0.1, 0.15) is 23.0 Å². The molecule has 0 atom stereocenters. The van der Waals surface area contributed by atoms with Gasteiger partial charge >= 0.3 is 0 Å². The number of benzene rings is 2. The Labute approximate surface area is 156 Å². The van der Waals surface area contributed by atoms with Crippen molar-refractivity contribution < 1.29 is 8.78 Å². The lowest BCUT2D eigenvalue weighted by molar-refractivity contribution is 0.520. The van der Waals surface area contributed by atoms with Gasteiger partial charge in [0.05, 0.1) is 6.54 Å². The van der Waals surface area contributed by atoms with Crippen LogP contribution in [-0.2, 0) is 5.54 Å². The van der Waals surface area contributed by atoms with Crippen molar-refractivity contribution in [1.29, 1.82) is 0 Å². The number of rotatable bonds is 3. The average Bonchev–Trinajstić information content (AvgIpc) is 3.10. The zero-order valence-electron chi connectivity index (χ0n) is 13.7. The van der Waals surface area contributed by atoms with E-state index in [0.29, 0.717) is 12.4 Å². The molecule has 1 aromatic heterocycles. The van der Waals surface area contributed by atoms with Crippen LogP contribution in [0.1, 0.15) is 16.7 Å². The monoisotopic (exact) mass is 371 g/mol. The first-order valence-corrected chi connectivity index (χ1v) is 7.92. The molecule has 132 valence electrons. The highest BCUT2D eigenvalue weighted by Crippen LogP contribution is 2.34. The normalized spacial score (nSPS) is 14.9. The maximum atomic E-state index is 13.4. The van der Waals surface area contributed by atoms with Gasteiger partial charge in [0.15, 0.2) is 0 Å². The van der Waals surface area contributed by atoms with Crippen molar-refractivity contribution in [3.8, 4) is 0 Å². The molecule has 3 aromatic rings. The van der Waals surface area contributed by atoms with E-state index in [9.17, 15) is 8.78 Å². The van der Waals surface area contributed by atoms with Crippen LogP contribution in [0.5, 0.6) is 0 Å². The summed E-state index contributed by atoms with van der Waals surface area (Å²) in [6, 6.07) is 16.4.